The van der Waals surface area contributed by atoms with Gasteiger partial charge in [-0.15, -0.1) is 0 Å². The zero-order valence-electron chi connectivity index (χ0n) is 10.2. The van der Waals surface area contributed by atoms with Crippen LogP contribution < -0.4 is 0 Å². The number of aromatic nitrogens is 1. The highest BCUT2D eigenvalue weighted by Crippen LogP contribution is 2.49. The van der Waals surface area contributed by atoms with E-state index in [1.54, 1.807) is 12.4 Å². The van der Waals surface area contributed by atoms with Gasteiger partial charge in [0.05, 0.1) is 6.10 Å². The maximum absolute atomic E-state index is 11.8. The fourth-order valence-electron chi connectivity index (χ4n) is 3.02. The van der Waals surface area contributed by atoms with Crippen molar-refractivity contribution in [2.24, 2.45) is 11.3 Å². The van der Waals surface area contributed by atoms with E-state index in [2.05, 4.69) is 4.98 Å². The van der Waals surface area contributed by atoms with Crippen molar-refractivity contribution in [3.63, 3.8) is 0 Å². The highest BCUT2D eigenvalue weighted by molar-refractivity contribution is 5.76. The third kappa shape index (κ3) is 1.90. The molecule has 2 atom stereocenters. The second-order valence-corrected chi connectivity index (χ2v) is 5.38. The molecule has 0 bridgehead atoms. The van der Waals surface area contributed by atoms with Crippen molar-refractivity contribution in [2.75, 3.05) is 6.61 Å². The predicted molar refractivity (Wildman–Crippen MR) is 65.1 cm³/mol. The van der Waals surface area contributed by atoms with E-state index in [0.717, 1.165) is 18.4 Å². The predicted octanol–water partition coefficient (Wildman–Crippen LogP) is 1.89. The van der Waals surface area contributed by atoms with Gasteiger partial charge in [0.25, 0.3) is 0 Å². The fourth-order valence-corrected chi connectivity index (χ4v) is 3.02. The van der Waals surface area contributed by atoms with Crippen LogP contribution in [0.5, 0.6) is 0 Å². The number of carbonyl (C=O) groups is 1. The topological polar surface area (TPSA) is 59.4 Å². The fraction of sp³-hybridized carbons (Fsp3) is 0.571. The molecular formula is C14H17NO3. The van der Waals surface area contributed by atoms with Crippen LogP contribution >= 0.6 is 0 Å². The van der Waals surface area contributed by atoms with Gasteiger partial charge in [-0.1, -0.05) is 6.07 Å². The Morgan fingerprint density at radius 3 is 3.00 bits per heavy atom. The van der Waals surface area contributed by atoms with Crippen molar-refractivity contribution < 1.29 is 14.6 Å². The summed E-state index contributed by atoms with van der Waals surface area (Å²) in [5.41, 5.74) is 0.237. The molecule has 0 amide bonds. The minimum atomic E-state index is -0.746. The van der Waals surface area contributed by atoms with Crippen LogP contribution in [-0.2, 0) is 16.0 Å². The molecule has 1 N–H and O–H groups in total. The van der Waals surface area contributed by atoms with Crippen molar-refractivity contribution in [3.05, 3.63) is 30.1 Å². The van der Waals surface area contributed by atoms with E-state index < -0.39 is 11.4 Å². The summed E-state index contributed by atoms with van der Waals surface area (Å²) in [6, 6.07) is 3.80. The van der Waals surface area contributed by atoms with Crippen LogP contribution in [0.15, 0.2) is 24.5 Å². The zero-order chi connectivity index (χ0) is 12.6. The number of carboxylic acids is 1. The van der Waals surface area contributed by atoms with Crippen molar-refractivity contribution in [1.82, 2.24) is 4.98 Å². The summed E-state index contributed by atoms with van der Waals surface area (Å²) in [6.07, 6.45) is 6.69. The number of hydrogen-bond donors (Lipinski definition) is 1. The van der Waals surface area contributed by atoms with Gasteiger partial charge in [0, 0.05) is 19.0 Å². The van der Waals surface area contributed by atoms with Crippen LogP contribution in [0.4, 0.5) is 0 Å². The third-order valence-electron chi connectivity index (χ3n) is 4.11. The molecule has 4 nitrogen and oxygen atoms in total. The first kappa shape index (κ1) is 11.7. The summed E-state index contributed by atoms with van der Waals surface area (Å²) in [5, 5.41) is 9.67. The quantitative estimate of drug-likeness (QED) is 0.882. The molecular weight excluding hydrogens is 230 g/mol. The van der Waals surface area contributed by atoms with E-state index in [1.807, 2.05) is 12.1 Å². The van der Waals surface area contributed by atoms with Crippen LogP contribution in [0.2, 0.25) is 0 Å². The van der Waals surface area contributed by atoms with Gasteiger partial charge >= 0.3 is 5.97 Å². The lowest BCUT2D eigenvalue weighted by molar-refractivity contribution is -0.153. The first-order chi connectivity index (χ1) is 8.72. The second-order valence-electron chi connectivity index (χ2n) is 5.38. The highest BCUT2D eigenvalue weighted by atomic mass is 16.5. The van der Waals surface area contributed by atoms with Gasteiger partial charge in [-0.3, -0.25) is 9.78 Å². The largest absolute Gasteiger partial charge is 0.481 e. The number of hydrogen-bond acceptors (Lipinski definition) is 3. The van der Waals surface area contributed by atoms with Crippen molar-refractivity contribution in [3.8, 4) is 0 Å². The van der Waals surface area contributed by atoms with Crippen LogP contribution in [0.3, 0.4) is 0 Å². The number of pyridine rings is 1. The normalized spacial score (nSPS) is 31.4. The Hall–Kier alpha value is -1.42. The molecule has 1 aromatic rings. The average Bonchev–Trinajstić information content (AvgIpc) is 3.12. The van der Waals surface area contributed by atoms with Crippen LogP contribution in [0.1, 0.15) is 24.8 Å². The monoisotopic (exact) mass is 247 g/mol. The Morgan fingerprint density at radius 2 is 2.39 bits per heavy atom. The van der Waals surface area contributed by atoms with Crippen LogP contribution in [-0.4, -0.2) is 28.8 Å². The van der Waals surface area contributed by atoms with Crippen molar-refractivity contribution in [2.45, 2.75) is 31.8 Å². The van der Waals surface area contributed by atoms with E-state index in [-0.39, 0.29) is 6.10 Å². The lowest BCUT2D eigenvalue weighted by Crippen LogP contribution is -2.42. The van der Waals surface area contributed by atoms with E-state index in [0.29, 0.717) is 25.4 Å². The Kier molecular flexibility index (Phi) is 2.82. The summed E-state index contributed by atoms with van der Waals surface area (Å²) in [6.45, 7) is 0.563. The summed E-state index contributed by atoms with van der Waals surface area (Å²) in [5.74, 6) is -0.277. The second kappa shape index (κ2) is 4.35. The Labute approximate surface area is 106 Å². The standard InChI is InChI=1S/C14H17NO3/c16-13(17)14(8-10-2-1-6-15-9-10)5-7-18-12(14)11-3-4-11/h1-2,6,9,11-12H,3-5,7-8H2,(H,16,17). The number of nitrogens with zero attached hydrogens (tertiary/aromatic N) is 1. The number of carboxylic acid groups (broad SMARTS) is 1. The van der Waals surface area contributed by atoms with Gasteiger partial charge in [0.2, 0.25) is 0 Å². The minimum Gasteiger partial charge on any atom is -0.481 e. The number of ether oxygens (including phenoxy) is 1. The molecule has 0 radical (unpaired) electrons. The van der Waals surface area contributed by atoms with E-state index in [4.69, 9.17) is 4.74 Å². The molecule has 4 heteroatoms. The Balaban J connectivity index is 1.89. The molecule has 1 saturated heterocycles. The maximum Gasteiger partial charge on any atom is 0.312 e. The molecule has 2 fully saturated rings. The van der Waals surface area contributed by atoms with Crippen LogP contribution in [0.25, 0.3) is 0 Å². The molecule has 1 aliphatic heterocycles. The molecule has 18 heavy (non-hydrogen) atoms. The van der Waals surface area contributed by atoms with Gasteiger partial charge in [0.1, 0.15) is 5.41 Å². The van der Waals surface area contributed by atoms with E-state index >= 15 is 0 Å². The minimum absolute atomic E-state index is 0.116. The molecule has 0 aromatic carbocycles. The number of rotatable bonds is 4. The van der Waals surface area contributed by atoms with E-state index in [9.17, 15) is 9.90 Å². The van der Waals surface area contributed by atoms with Gasteiger partial charge in [-0.2, -0.15) is 0 Å². The third-order valence-corrected chi connectivity index (χ3v) is 4.11. The maximum atomic E-state index is 11.8. The van der Waals surface area contributed by atoms with Gasteiger partial charge in [-0.25, -0.2) is 0 Å². The molecule has 2 heterocycles. The van der Waals surface area contributed by atoms with Gasteiger partial charge < -0.3 is 9.84 Å². The highest BCUT2D eigenvalue weighted by Gasteiger charge is 2.55. The molecule has 2 unspecified atom stereocenters. The summed E-state index contributed by atoms with van der Waals surface area (Å²) in [7, 11) is 0. The summed E-state index contributed by atoms with van der Waals surface area (Å²) >= 11 is 0. The lowest BCUT2D eigenvalue weighted by atomic mass is 9.74. The Bertz CT molecular complexity index is 444. The molecule has 1 saturated carbocycles. The zero-order valence-corrected chi connectivity index (χ0v) is 10.2. The smallest absolute Gasteiger partial charge is 0.312 e. The number of aliphatic carboxylic acids is 1. The molecule has 0 spiro atoms. The van der Waals surface area contributed by atoms with Crippen LogP contribution in [0, 0.1) is 11.3 Å². The average molecular weight is 247 g/mol. The Morgan fingerprint density at radius 1 is 1.56 bits per heavy atom. The summed E-state index contributed by atoms with van der Waals surface area (Å²) in [4.78, 5) is 15.8. The first-order valence-electron chi connectivity index (χ1n) is 6.46. The molecule has 2 aliphatic rings. The summed E-state index contributed by atoms with van der Waals surface area (Å²) < 4.78 is 5.73. The molecule has 1 aliphatic carbocycles. The van der Waals surface area contributed by atoms with E-state index in [1.165, 1.54) is 0 Å². The molecule has 1 aromatic heterocycles. The van der Waals surface area contributed by atoms with Gasteiger partial charge in [0.15, 0.2) is 0 Å². The van der Waals surface area contributed by atoms with Crippen molar-refractivity contribution in [1.29, 1.82) is 0 Å². The SMILES string of the molecule is O=C(O)C1(Cc2cccnc2)CCOC1C1CC1. The van der Waals surface area contributed by atoms with Crippen molar-refractivity contribution >= 4 is 5.97 Å². The molecule has 96 valence electrons. The molecule has 3 rings (SSSR count). The van der Waals surface area contributed by atoms with Gasteiger partial charge in [-0.05, 0) is 43.2 Å². The lowest BCUT2D eigenvalue weighted by Gasteiger charge is -2.29. The first-order valence-corrected chi connectivity index (χ1v) is 6.46.